The minimum atomic E-state index is 0.837. The lowest BCUT2D eigenvalue weighted by molar-refractivity contribution is 0.765. The standard InChI is InChI=1S/C13H21B/c1-3-4-8-11-14(2)12-13-9-6-5-7-10-13/h5-7,9-10H,3-4,8,11-12H2,1-2H3. The molecule has 0 unspecified atom stereocenters. The molecule has 0 atom stereocenters. The van der Waals surface area contributed by atoms with Gasteiger partial charge in [0.2, 0.25) is 0 Å². The zero-order valence-electron chi connectivity index (χ0n) is 9.50. The largest absolute Gasteiger partial charge is 0.141 e. The topological polar surface area (TPSA) is 0 Å². The van der Waals surface area contributed by atoms with Crippen LogP contribution in [0.4, 0.5) is 0 Å². The van der Waals surface area contributed by atoms with Crippen LogP contribution in [-0.4, -0.2) is 6.71 Å². The van der Waals surface area contributed by atoms with Crippen LogP contribution in [0.3, 0.4) is 0 Å². The van der Waals surface area contributed by atoms with E-state index in [0.717, 1.165) is 6.71 Å². The molecule has 0 aliphatic heterocycles. The lowest BCUT2D eigenvalue weighted by atomic mass is 9.45. The predicted molar refractivity (Wildman–Crippen MR) is 66.1 cm³/mol. The van der Waals surface area contributed by atoms with E-state index >= 15 is 0 Å². The van der Waals surface area contributed by atoms with E-state index in [1.807, 2.05) is 0 Å². The molecular formula is C13H21B. The van der Waals surface area contributed by atoms with E-state index in [2.05, 4.69) is 44.1 Å². The van der Waals surface area contributed by atoms with Crippen molar-refractivity contribution >= 4 is 6.71 Å². The molecule has 1 aromatic rings. The summed E-state index contributed by atoms with van der Waals surface area (Å²) in [6, 6.07) is 10.8. The highest BCUT2D eigenvalue weighted by atomic mass is 13.9. The number of unbranched alkanes of at least 4 members (excludes halogenated alkanes) is 2. The predicted octanol–water partition coefficient (Wildman–Crippen LogP) is 4.08. The minimum Gasteiger partial charge on any atom is -0.0858 e. The number of hydrogen-bond acceptors (Lipinski definition) is 0. The number of benzene rings is 1. The van der Waals surface area contributed by atoms with Crippen LogP contribution in [-0.2, 0) is 6.32 Å². The van der Waals surface area contributed by atoms with Crippen LogP contribution < -0.4 is 0 Å². The SMILES string of the molecule is CCCCCB(C)Cc1ccccc1. The Bertz CT molecular complexity index is 230. The zero-order chi connectivity index (χ0) is 10.2. The van der Waals surface area contributed by atoms with Gasteiger partial charge in [0.1, 0.15) is 6.71 Å². The van der Waals surface area contributed by atoms with Crippen molar-refractivity contribution in [3.05, 3.63) is 35.9 Å². The Hall–Kier alpha value is -0.715. The third kappa shape index (κ3) is 4.50. The molecule has 0 fully saturated rings. The van der Waals surface area contributed by atoms with Crippen LogP contribution in [0.25, 0.3) is 0 Å². The summed E-state index contributed by atoms with van der Waals surface area (Å²) in [5.41, 5.74) is 1.48. The molecule has 0 bridgehead atoms. The average molecular weight is 188 g/mol. The fourth-order valence-corrected chi connectivity index (χ4v) is 1.86. The van der Waals surface area contributed by atoms with E-state index in [0.29, 0.717) is 0 Å². The van der Waals surface area contributed by atoms with Crippen molar-refractivity contribution in [2.45, 2.75) is 45.6 Å². The molecule has 0 nitrogen and oxygen atoms in total. The Morgan fingerprint density at radius 1 is 1.07 bits per heavy atom. The van der Waals surface area contributed by atoms with Gasteiger partial charge in [0, 0.05) is 0 Å². The minimum absolute atomic E-state index is 0.837. The Morgan fingerprint density at radius 3 is 2.43 bits per heavy atom. The first-order chi connectivity index (χ1) is 6.83. The van der Waals surface area contributed by atoms with Gasteiger partial charge >= 0.3 is 0 Å². The summed E-state index contributed by atoms with van der Waals surface area (Å²) in [5, 5.41) is 0. The smallest absolute Gasteiger partial charge is 0.0858 e. The molecule has 0 aromatic heterocycles. The molecule has 0 spiro atoms. The molecule has 1 aromatic carbocycles. The van der Waals surface area contributed by atoms with E-state index in [1.165, 1.54) is 37.5 Å². The van der Waals surface area contributed by atoms with Crippen LogP contribution in [0.1, 0.15) is 31.7 Å². The van der Waals surface area contributed by atoms with Crippen LogP contribution in [0.5, 0.6) is 0 Å². The summed E-state index contributed by atoms with van der Waals surface area (Å²) in [6.07, 6.45) is 6.73. The molecule has 0 radical (unpaired) electrons. The summed E-state index contributed by atoms with van der Waals surface area (Å²) < 4.78 is 0. The maximum Gasteiger partial charge on any atom is 0.141 e. The first kappa shape index (κ1) is 11.4. The van der Waals surface area contributed by atoms with Crippen molar-refractivity contribution in [1.29, 1.82) is 0 Å². The van der Waals surface area contributed by atoms with Crippen molar-refractivity contribution < 1.29 is 0 Å². The van der Waals surface area contributed by atoms with Gasteiger partial charge in [-0.2, -0.15) is 0 Å². The summed E-state index contributed by atoms with van der Waals surface area (Å²) in [4.78, 5) is 0. The van der Waals surface area contributed by atoms with E-state index in [1.54, 1.807) is 0 Å². The quantitative estimate of drug-likeness (QED) is 0.466. The lowest BCUT2D eigenvalue weighted by Gasteiger charge is -2.07. The second-order valence-corrected chi connectivity index (χ2v) is 4.29. The maximum absolute atomic E-state index is 2.36. The third-order valence-electron chi connectivity index (χ3n) is 2.73. The van der Waals surface area contributed by atoms with Gasteiger partial charge in [-0.25, -0.2) is 0 Å². The molecule has 1 rings (SSSR count). The molecule has 0 saturated carbocycles. The fourth-order valence-electron chi connectivity index (χ4n) is 1.86. The van der Waals surface area contributed by atoms with Crippen molar-refractivity contribution in [2.24, 2.45) is 0 Å². The third-order valence-corrected chi connectivity index (χ3v) is 2.73. The second kappa shape index (κ2) is 6.70. The molecular weight excluding hydrogens is 167 g/mol. The zero-order valence-corrected chi connectivity index (χ0v) is 9.50. The van der Waals surface area contributed by atoms with Crippen LogP contribution in [0.15, 0.2) is 30.3 Å². The Kier molecular flexibility index (Phi) is 5.43. The van der Waals surface area contributed by atoms with Gasteiger partial charge in [0.25, 0.3) is 0 Å². The van der Waals surface area contributed by atoms with Crippen LogP contribution in [0, 0.1) is 0 Å². The molecule has 14 heavy (non-hydrogen) atoms. The first-order valence-corrected chi connectivity index (χ1v) is 5.87. The van der Waals surface area contributed by atoms with Gasteiger partial charge in [0.05, 0.1) is 0 Å². The van der Waals surface area contributed by atoms with Crippen molar-refractivity contribution in [3.8, 4) is 0 Å². The summed E-state index contributed by atoms with van der Waals surface area (Å²) in [6.45, 7) is 5.47. The van der Waals surface area contributed by atoms with E-state index in [-0.39, 0.29) is 0 Å². The Labute approximate surface area is 88.8 Å². The number of hydrogen-bond donors (Lipinski definition) is 0. The summed E-state index contributed by atoms with van der Waals surface area (Å²) >= 11 is 0. The molecule has 0 aliphatic rings. The van der Waals surface area contributed by atoms with Crippen molar-refractivity contribution in [3.63, 3.8) is 0 Å². The van der Waals surface area contributed by atoms with E-state index in [9.17, 15) is 0 Å². The van der Waals surface area contributed by atoms with Gasteiger partial charge in [-0.1, -0.05) is 75.2 Å². The Morgan fingerprint density at radius 2 is 1.79 bits per heavy atom. The summed E-state index contributed by atoms with van der Waals surface area (Å²) in [5.74, 6) is 0. The molecule has 0 N–H and O–H groups in total. The molecule has 1 heteroatoms. The van der Waals surface area contributed by atoms with Crippen molar-refractivity contribution in [2.75, 3.05) is 0 Å². The second-order valence-electron chi connectivity index (χ2n) is 4.29. The highest BCUT2D eigenvalue weighted by Gasteiger charge is 2.06. The molecule has 0 amide bonds. The molecule has 0 heterocycles. The monoisotopic (exact) mass is 188 g/mol. The first-order valence-electron chi connectivity index (χ1n) is 5.87. The van der Waals surface area contributed by atoms with Gasteiger partial charge in [-0.3, -0.25) is 0 Å². The van der Waals surface area contributed by atoms with Gasteiger partial charge in [-0.15, -0.1) is 0 Å². The lowest BCUT2D eigenvalue weighted by Crippen LogP contribution is -2.11. The normalized spacial score (nSPS) is 10.1. The highest BCUT2D eigenvalue weighted by molar-refractivity contribution is 6.56. The van der Waals surface area contributed by atoms with Gasteiger partial charge in [-0.05, 0) is 6.32 Å². The van der Waals surface area contributed by atoms with E-state index in [4.69, 9.17) is 0 Å². The van der Waals surface area contributed by atoms with Crippen LogP contribution in [0.2, 0.25) is 13.1 Å². The van der Waals surface area contributed by atoms with Gasteiger partial charge in [0.15, 0.2) is 0 Å². The fraction of sp³-hybridized carbons (Fsp3) is 0.538. The Balaban J connectivity index is 2.23. The maximum atomic E-state index is 2.36. The molecule has 0 aliphatic carbocycles. The van der Waals surface area contributed by atoms with E-state index < -0.39 is 0 Å². The molecule has 0 saturated heterocycles. The molecule has 76 valence electrons. The number of rotatable bonds is 6. The van der Waals surface area contributed by atoms with Crippen LogP contribution >= 0.6 is 0 Å². The summed E-state index contributed by atoms with van der Waals surface area (Å²) in [7, 11) is 0. The van der Waals surface area contributed by atoms with Crippen molar-refractivity contribution in [1.82, 2.24) is 0 Å². The average Bonchev–Trinajstić information content (AvgIpc) is 2.20. The highest BCUT2D eigenvalue weighted by Crippen LogP contribution is 2.09. The van der Waals surface area contributed by atoms with Gasteiger partial charge < -0.3 is 0 Å².